The number of aromatic nitrogens is 2. The maximum Gasteiger partial charge on any atom is 0.338 e. The zero-order chi connectivity index (χ0) is 29.5. The van der Waals surface area contributed by atoms with Gasteiger partial charge in [-0.1, -0.05) is 77.0 Å². The van der Waals surface area contributed by atoms with Gasteiger partial charge in [-0.05, 0) is 68.3 Å². The highest BCUT2D eigenvalue weighted by atomic mass is 35.5. The van der Waals surface area contributed by atoms with Gasteiger partial charge in [0.25, 0.3) is 5.56 Å². The number of carbonyl (C=O) groups excluding carboxylic acids is 1. The first-order valence-corrected chi connectivity index (χ1v) is 15.1. The monoisotopic (exact) mass is 615 g/mol. The van der Waals surface area contributed by atoms with Crippen molar-refractivity contribution in [2.45, 2.75) is 39.5 Å². The van der Waals surface area contributed by atoms with Crippen LogP contribution in [0.2, 0.25) is 10.0 Å². The molecule has 0 radical (unpaired) electrons. The topological polar surface area (TPSA) is 65.6 Å². The third-order valence-corrected chi connectivity index (χ3v) is 8.63. The van der Waals surface area contributed by atoms with Crippen molar-refractivity contribution in [3.8, 4) is 0 Å². The molecule has 212 valence electrons. The molecular weight excluding hydrogens is 589 g/mol. The Kier molecular flexibility index (Phi) is 7.66. The van der Waals surface area contributed by atoms with E-state index in [1.54, 1.807) is 37.5 Å². The maximum atomic E-state index is 14.1. The molecule has 0 spiro atoms. The van der Waals surface area contributed by atoms with E-state index >= 15 is 0 Å². The molecule has 9 heteroatoms. The van der Waals surface area contributed by atoms with E-state index in [0.717, 1.165) is 27.6 Å². The fraction of sp³-hybridized carbons (Fsp3) is 0.182. The molecule has 1 aliphatic heterocycles. The van der Waals surface area contributed by atoms with Gasteiger partial charge in [0.1, 0.15) is 0 Å². The zero-order valence-electron chi connectivity index (χ0n) is 23.2. The molecule has 0 fully saturated rings. The molecule has 42 heavy (non-hydrogen) atoms. The number of allylic oxidation sites excluding steroid dienone is 1. The third kappa shape index (κ3) is 5.36. The summed E-state index contributed by atoms with van der Waals surface area (Å²) in [6.45, 7) is 6.03. The van der Waals surface area contributed by atoms with Crippen LogP contribution >= 0.6 is 34.5 Å². The first-order chi connectivity index (χ1) is 20.2. The van der Waals surface area contributed by atoms with Crippen molar-refractivity contribution in [1.82, 2.24) is 9.13 Å². The molecule has 0 saturated carbocycles. The van der Waals surface area contributed by atoms with Crippen molar-refractivity contribution < 1.29 is 9.53 Å². The van der Waals surface area contributed by atoms with Crippen molar-refractivity contribution in [2.75, 3.05) is 0 Å². The van der Waals surface area contributed by atoms with Gasteiger partial charge < -0.3 is 9.30 Å². The second-order valence-electron chi connectivity index (χ2n) is 10.4. The Balaban J connectivity index is 1.50. The molecule has 1 atom stereocenters. The number of para-hydroxylation sites is 1. The molecule has 1 aliphatic rings. The molecule has 6 rings (SSSR count). The lowest BCUT2D eigenvalue weighted by atomic mass is 9.96. The van der Waals surface area contributed by atoms with Gasteiger partial charge in [0.15, 0.2) is 4.80 Å². The number of carbonyl (C=O) groups is 1. The zero-order valence-corrected chi connectivity index (χ0v) is 25.5. The molecule has 0 saturated heterocycles. The molecule has 0 unspecified atom stereocenters. The second kappa shape index (κ2) is 11.4. The van der Waals surface area contributed by atoms with Gasteiger partial charge in [-0.2, -0.15) is 0 Å². The Morgan fingerprint density at radius 2 is 1.69 bits per heavy atom. The smallest absolute Gasteiger partial charge is 0.338 e. The van der Waals surface area contributed by atoms with Crippen molar-refractivity contribution in [3.05, 3.63) is 137 Å². The fourth-order valence-corrected chi connectivity index (χ4v) is 6.56. The summed E-state index contributed by atoms with van der Waals surface area (Å²) in [6, 6.07) is 22.4. The molecule has 0 amide bonds. The van der Waals surface area contributed by atoms with E-state index in [2.05, 4.69) is 22.9 Å². The maximum absolute atomic E-state index is 14.1. The molecule has 3 aromatic carbocycles. The van der Waals surface area contributed by atoms with Gasteiger partial charge in [0.05, 0.1) is 27.9 Å². The Labute approximate surface area is 256 Å². The lowest BCUT2D eigenvalue weighted by Gasteiger charge is -2.25. The molecule has 0 N–H and O–H groups in total. The first-order valence-electron chi connectivity index (χ1n) is 13.5. The SMILES string of the molecule is CC1=C(C(=O)OC(C)C)[C@H](c2ccc(Cl)cc2)n2c(s/c(=C/c3cn(Cc4ccc(Cl)cc4)c4ccccc34)c2=O)=N1. The van der Waals surface area contributed by atoms with E-state index in [0.29, 0.717) is 37.2 Å². The summed E-state index contributed by atoms with van der Waals surface area (Å²) in [5.74, 6) is -0.495. The number of halogens is 2. The van der Waals surface area contributed by atoms with Crippen LogP contribution in [0.25, 0.3) is 17.0 Å². The largest absolute Gasteiger partial charge is 0.459 e. The average Bonchev–Trinajstić information content (AvgIpc) is 3.45. The molecule has 0 aliphatic carbocycles. The summed E-state index contributed by atoms with van der Waals surface area (Å²) in [5, 5.41) is 2.29. The summed E-state index contributed by atoms with van der Waals surface area (Å²) in [7, 11) is 0. The van der Waals surface area contributed by atoms with Crippen LogP contribution in [-0.4, -0.2) is 21.2 Å². The molecule has 3 heterocycles. The first kappa shape index (κ1) is 28.2. The van der Waals surface area contributed by atoms with Gasteiger partial charge in [-0.3, -0.25) is 9.36 Å². The number of hydrogen-bond acceptors (Lipinski definition) is 5. The minimum Gasteiger partial charge on any atom is -0.459 e. The van der Waals surface area contributed by atoms with Crippen LogP contribution < -0.4 is 14.9 Å². The summed E-state index contributed by atoms with van der Waals surface area (Å²) in [5.41, 5.74) is 4.47. The highest BCUT2D eigenvalue weighted by Crippen LogP contribution is 2.32. The lowest BCUT2D eigenvalue weighted by molar-refractivity contribution is -0.143. The van der Waals surface area contributed by atoms with Gasteiger partial charge in [-0.15, -0.1) is 0 Å². The van der Waals surface area contributed by atoms with Crippen LogP contribution in [-0.2, 0) is 16.1 Å². The van der Waals surface area contributed by atoms with E-state index < -0.39 is 12.0 Å². The number of ether oxygens (including phenoxy) is 1. The van der Waals surface area contributed by atoms with E-state index in [9.17, 15) is 9.59 Å². The summed E-state index contributed by atoms with van der Waals surface area (Å²) in [6.07, 6.45) is 3.65. The standard InChI is InChI=1S/C33H27Cl2N3O3S/c1-19(2)41-32(40)29-20(3)36-33-38(30(29)22-10-14-25(35)15-11-22)31(39)28(42-33)16-23-18-37(27-7-5-4-6-26(23)27)17-21-8-12-24(34)13-9-21/h4-16,18-19,30H,17H2,1-3H3/b28-16+/t30-/m0/s1. The van der Waals surface area contributed by atoms with Crippen LogP contribution in [0.3, 0.4) is 0 Å². The van der Waals surface area contributed by atoms with Crippen molar-refractivity contribution in [3.63, 3.8) is 0 Å². The minimum atomic E-state index is -0.696. The Hall–Kier alpha value is -3.91. The molecular formula is C33H27Cl2N3O3S. The third-order valence-electron chi connectivity index (χ3n) is 7.14. The predicted octanol–water partition coefficient (Wildman–Crippen LogP) is 6.50. The fourth-order valence-electron chi connectivity index (χ4n) is 5.27. The van der Waals surface area contributed by atoms with Gasteiger partial charge >= 0.3 is 5.97 Å². The van der Waals surface area contributed by atoms with Crippen molar-refractivity contribution in [2.24, 2.45) is 4.99 Å². The van der Waals surface area contributed by atoms with E-state index in [1.807, 2.05) is 54.6 Å². The van der Waals surface area contributed by atoms with Gasteiger partial charge in [0.2, 0.25) is 0 Å². The van der Waals surface area contributed by atoms with Gasteiger partial charge in [0, 0.05) is 39.3 Å². The molecule has 6 nitrogen and oxygen atoms in total. The number of esters is 1. The highest BCUT2D eigenvalue weighted by Gasteiger charge is 2.33. The molecule has 2 aromatic heterocycles. The Bertz CT molecular complexity index is 2040. The molecule has 0 bridgehead atoms. The predicted molar refractivity (Wildman–Crippen MR) is 169 cm³/mol. The number of rotatable bonds is 6. The summed E-state index contributed by atoms with van der Waals surface area (Å²) in [4.78, 5) is 32.6. The van der Waals surface area contributed by atoms with E-state index in [-0.39, 0.29) is 11.7 Å². The number of benzene rings is 3. The summed E-state index contributed by atoms with van der Waals surface area (Å²) < 4.78 is 9.87. The number of thiazole rings is 1. The van der Waals surface area contributed by atoms with Crippen molar-refractivity contribution in [1.29, 1.82) is 0 Å². The Morgan fingerprint density at radius 3 is 2.38 bits per heavy atom. The normalized spacial score (nSPS) is 15.3. The van der Waals surface area contributed by atoms with Crippen LogP contribution in [0.15, 0.2) is 100 Å². The minimum absolute atomic E-state index is 0.226. The van der Waals surface area contributed by atoms with E-state index in [4.69, 9.17) is 32.9 Å². The lowest BCUT2D eigenvalue weighted by Crippen LogP contribution is -2.40. The average molecular weight is 617 g/mol. The van der Waals surface area contributed by atoms with E-state index in [1.165, 1.54) is 11.3 Å². The van der Waals surface area contributed by atoms with Gasteiger partial charge in [-0.25, -0.2) is 9.79 Å². The quantitative estimate of drug-likeness (QED) is 0.205. The van der Waals surface area contributed by atoms with Crippen LogP contribution in [0.5, 0.6) is 0 Å². The van der Waals surface area contributed by atoms with Crippen LogP contribution in [0, 0.1) is 0 Å². The number of fused-ring (bicyclic) bond motifs is 2. The van der Waals surface area contributed by atoms with Crippen molar-refractivity contribution >= 4 is 57.5 Å². The van der Waals surface area contributed by atoms with Crippen LogP contribution in [0.4, 0.5) is 0 Å². The van der Waals surface area contributed by atoms with Crippen LogP contribution in [0.1, 0.15) is 43.5 Å². The summed E-state index contributed by atoms with van der Waals surface area (Å²) >= 11 is 13.6. The molecule has 5 aromatic rings. The second-order valence-corrected chi connectivity index (χ2v) is 12.3. The number of hydrogen-bond donors (Lipinski definition) is 0. The number of nitrogens with zero attached hydrogens (tertiary/aromatic N) is 3. The highest BCUT2D eigenvalue weighted by molar-refractivity contribution is 7.07. The Morgan fingerprint density at radius 1 is 1.02 bits per heavy atom.